The molecule has 7 heterocycles. The first-order valence-corrected chi connectivity index (χ1v) is 29.3. The number of fused-ring (bicyclic) bond motifs is 4. The van der Waals surface area contributed by atoms with Crippen molar-refractivity contribution < 1.29 is 33.7 Å². The number of methoxy groups -OCH3 is 1. The number of hydrogen-bond donors (Lipinski definition) is 4. The molecule has 0 bridgehead atoms. The van der Waals surface area contributed by atoms with Crippen molar-refractivity contribution in [3.05, 3.63) is 179 Å². The molecule has 0 spiro atoms. The Bertz CT molecular complexity index is 3560. The van der Waals surface area contributed by atoms with Gasteiger partial charge < -0.3 is 39.3 Å². The predicted octanol–water partition coefficient (Wildman–Crippen LogP) is 11.5. The molecule has 4 aliphatic rings. The Morgan fingerprint density at radius 3 is 1.52 bits per heavy atom. The van der Waals surface area contributed by atoms with Gasteiger partial charge >= 0.3 is 17.9 Å². The van der Waals surface area contributed by atoms with Crippen LogP contribution in [0.5, 0.6) is 5.75 Å². The van der Waals surface area contributed by atoms with Crippen molar-refractivity contribution in [3.63, 3.8) is 0 Å². The molecule has 0 fully saturated rings. The third kappa shape index (κ3) is 15.4. The van der Waals surface area contributed by atoms with E-state index in [0.717, 1.165) is 125 Å². The monoisotopic (exact) mass is 1220 g/mol. The van der Waals surface area contributed by atoms with Crippen LogP contribution >= 0.6 is 46.4 Å². The average molecular weight is 1220 g/mol. The number of halogens is 4. The zero-order chi connectivity index (χ0) is 59.1. The maximum absolute atomic E-state index is 12.6. The highest BCUT2D eigenvalue weighted by atomic mass is 35.5. The van der Waals surface area contributed by atoms with E-state index >= 15 is 0 Å². The third-order valence-electron chi connectivity index (χ3n) is 14.5. The standard InChI is InChI=1S/C23H25ClN4O3.C15H17ClN4O2.C13H13ClN4O2.C9H10ClN/c1-3-31-23(29)22-21(15-27-12-4-5-17-13-18(24)8-11-20(17)27)28(26-25-22)14-16-6-9-19(30-2)10-7-16;1-2-22-15(21)14-12(17-19-18-14)9-20-7-3-4-10-8-11(16)5-6-13(10)20;14-9-3-4-11-8(6-9)2-1-5-18(11)7-10-12(13(19)20)16-17-15-10;10-8-3-4-9-7(6-8)2-1-5-11-9/h6-11,13H,3-5,12,14-15H2,1-2H3;5-6,8H,2-4,7,9H2,1H3,(H,17,18,19);3-4,6H,1-2,5,7H2,(H,19,20)(H,15,16,17);3-4,6,11H,1-2,5H2. The predicted molar refractivity (Wildman–Crippen MR) is 324 cm³/mol. The Hall–Kier alpha value is -7.91. The van der Waals surface area contributed by atoms with Crippen molar-refractivity contribution in [3.8, 4) is 5.75 Å². The number of carbonyl (C=O) groups excluding carboxylic acids is 2. The average Bonchev–Trinajstić information content (AvgIpc) is 4.38. The fourth-order valence-corrected chi connectivity index (χ4v) is 11.3. The second kappa shape index (κ2) is 29.1. The molecule has 5 aromatic carbocycles. The van der Waals surface area contributed by atoms with E-state index < -0.39 is 17.9 Å². The molecule has 8 aromatic rings. The third-order valence-corrected chi connectivity index (χ3v) is 15.4. The zero-order valence-electron chi connectivity index (χ0n) is 46.8. The Labute approximate surface area is 506 Å². The number of aromatic amines is 2. The number of nitrogens with zero attached hydrogens (tertiary/aromatic N) is 10. The number of ether oxygens (including phenoxy) is 3. The lowest BCUT2D eigenvalue weighted by Crippen LogP contribution is -2.31. The Morgan fingerprint density at radius 1 is 0.548 bits per heavy atom. The molecule has 4 aliphatic heterocycles. The second-order valence-electron chi connectivity index (χ2n) is 20.1. The minimum atomic E-state index is -1.07. The summed E-state index contributed by atoms with van der Waals surface area (Å²) in [4.78, 5) is 42.0. The molecular formula is C60H65Cl4N13O7. The lowest BCUT2D eigenvalue weighted by atomic mass is 10.0. The van der Waals surface area contributed by atoms with Crippen LogP contribution in [-0.4, -0.2) is 115 Å². The molecule has 0 radical (unpaired) electrons. The van der Waals surface area contributed by atoms with Crippen LogP contribution in [0.3, 0.4) is 0 Å². The van der Waals surface area contributed by atoms with E-state index in [2.05, 4.69) is 67.2 Å². The van der Waals surface area contributed by atoms with Crippen LogP contribution in [0.1, 0.15) is 116 Å². The number of carboxylic acids is 1. The molecule has 3 aromatic heterocycles. The van der Waals surface area contributed by atoms with Gasteiger partial charge in [-0.15, -0.1) is 15.3 Å². The van der Waals surface area contributed by atoms with E-state index in [4.69, 9.17) is 65.7 Å². The van der Waals surface area contributed by atoms with E-state index in [9.17, 15) is 14.4 Å². The van der Waals surface area contributed by atoms with E-state index in [0.29, 0.717) is 44.2 Å². The van der Waals surface area contributed by atoms with Crippen molar-refractivity contribution in [2.45, 2.75) is 91.4 Å². The number of H-pyrrole nitrogens is 2. The molecule has 0 saturated carbocycles. The first-order valence-electron chi connectivity index (χ1n) is 27.8. The topological polar surface area (TPSA) is 235 Å². The second-order valence-corrected chi connectivity index (χ2v) is 21.8. The lowest BCUT2D eigenvalue weighted by molar-refractivity contribution is 0.0508. The number of rotatable bonds is 14. The van der Waals surface area contributed by atoms with E-state index in [1.807, 2.05) is 91.0 Å². The van der Waals surface area contributed by atoms with Crippen LogP contribution in [0, 0.1) is 0 Å². The molecule has 0 amide bonds. The largest absolute Gasteiger partial charge is 0.497 e. The molecule has 4 N–H and O–H groups in total. The number of aryl methyl sites for hydroxylation is 4. The summed E-state index contributed by atoms with van der Waals surface area (Å²) < 4.78 is 17.2. The molecule has 440 valence electrons. The summed E-state index contributed by atoms with van der Waals surface area (Å²) in [6.07, 6.45) is 8.42. The Balaban J connectivity index is 0.000000141. The SMILES string of the molecule is CCOC(=O)c1n[nH]nc1CN1CCCc2cc(Cl)ccc21.CCOC(=O)c1nnn(Cc2ccc(OC)cc2)c1CN1CCCc2cc(Cl)ccc21.Clc1ccc2c(c1)CCCN2.O=C(O)c1n[nH]nc1CN1CCCc2cc(Cl)ccc21. The van der Waals surface area contributed by atoms with Crippen molar-refractivity contribution in [2.24, 2.45) is 0 Å². The van der Waals surface area contributed by atoms with E-state index in [1.54, 1.807) is 25.6 Å². The maximum atomic E-state index is 12.6. The summed E-state index contributed by atoms with van der Waals surface area (Å²) in [5.74, 6) is -1.17. The van der Waals surface area contributed by atoms with Gasteiger partial charge in [0.25, 0.3) is 0 Å². The number of aromatic nitrogens is 9. The molecule has 24 heteroatoms. The first kappa shape index (κ1) is 60.7. The number of carboxylic acid groups (broad SMARTS) is 1. The van der Waals surface area contributed by atoms with Gasteiger partial charge in [0.05, 0.1) is 52.2 Å². The maximum Gasteiger partial charge on any atom is 0.360 e. The normalized spacial score (nSPS) is 13.8. The molecule has 20 nitrogen and oxygen atoms in total. The number of aromatic carboxylic acids is 1. The van der Waals surface area contributed by atoms with Gasteiger partial charge in [-0.05, 0) is 178 Å². The van der Waals surface area contributed by atoms with Crippen molar-refractivity contribution in [1.29, 1.82) is 0 Å². The fraction of sp³-hybridized carbons (Fsp3) is 0.350. The Morgan fingerprint density at radius 2 is 1.01 bits per heavy atom. The number of benzene rings is 5. The van der Waals surface area contributed by atoms with Crippen molar-refractivity contribution >= 4 is 87.1 Å². The highest BCUT2D eigenvalue weighted by molar-refractivity contribution is 6.31. The smallest absolute Gasteiger partial charge is 0.360 e. The van der Waals surface area contributed by atoms with Gasteiger partial charge in [-0.3, -0.25) is 0 Å². The zero-order valence-corrected chi connectivity index (χ0v) is 49.9. The van der Waals surface area contributed by atoms with Gasteiger partial charge in [0.2, 0.25) is 0 Å². The number of nitrogens with one attached hydrogen (secondary N) is 3. The molecular weight excluding hydrogens is 1160 g/mol. The van der Waals surface area contributed by atoms with Crippen LogP contribution in [0.4, 0.5) is 22.7 Å². The van der Waals surface area contributed by atoms with Gasteiger partial charge in [0.1, 0.15) is 17.1 Å². The number of anilines is 4. The van der Waals surface area contributed by atoms with Crippen LogP contribution < -0.4 is 24.8 Å². The number of carbonyl (C=O) groups is 3. The van der Waals surface area contributed by atoms with Crippen molar-refractivity contribution in [2.75, 3.05) is 66.5 Å². The summed E-state index contributed by atoms with van der Waals surface area (Å²) in [5.41, 5.74) is 12.9. The molecule has 0 aliphatic carbocycles. The summed E-state index contributed by atoms with van der Waals surface area (Å²) in [6.45, 7) is 9.83. The minimum absolute atomic E-state index is 0.0221. The van der Waals surface area contributed by atoms with Gasteiger partial charge in [0.15, 0.2) is 17.1 Å². The van der Waals surface area contributed by atoms with E-state index in [1.165, 1.54) is 34.4 Å². The van der Waals surface area contributed by atoms with Gasteiger partial charge in [-0.25, -0.2) is 19.1 Å². The fourth-order valence-electron chi connectivity index (χ4n) is 10.5. The van der Waals surface area contributed by atoms with Gasteiger partial charge in [-0.1, -0.05) is 63.7 Å². The first-order chi connectivity index (χ1) is 40.8. The summed E-state index contributed by atoms with van der Waals surface area (Å²) >= 11 is 24.1. The van der Waals surface area contributed by atoms with Crippen LogP contribution in [0.2, 0.25) is 20.1 Å². The molecule has 0 atom stereocenters. The lowest BCUT2D eigenvalue weighted by Gasteiger charge is -2.31. The van der Waals surface area contributed by atoms with Gasteiger partial charge in [0, 0.05) is 69.0 Å². The summed E-state index contributed by atoms with van der Waals surface area (Å²) in [6, 6.07) is 31.4. The molecule has 84 heavy (non-hydrogen) atoms. The summed E-state index contributed by atoms with van der Waals surface area (Å²) in [7, 11) is 1.64. The minimum Gasteiger partial charge on any atom is -0.497 e. The quantitative estimate of drug-likeness (QED) is 0.0741. The van der Waals surface area contributed by atoms with Crippen LogP contribution in [0.15, 0.2) is 97.1 Å². The number of esters is 2. The van der Waals surface area contributed by atoms with E-state index in [-0.39, 0.29) is 23.7 Å². The van der Waals surface area contributed by atoms with Crippen LogP contribution in [0.25, 0.3) is 0 Å². The molecule has 12 rings (SSSR count). The Kier molecular flexibility index (Phi) is 21.0. The molecule has 0 unspecified atom stereocenters. The molecule has 0 saturated heterocycles. The number of hydrogen-bond acceptors (Lipinski definition) is 16. The summed E-state index contributed by atoms with van der Waals surface area (Å²) in [5, 5.41) is 44.4. The van der Waals surface area contributed by atoms with Crippen molar-refractivity contribution in [1.82, 2.24) is 45.8 Å². The highest BCUT2D eigenvalue weighted by Crippen LogP contribution is 2.34. The van der Waals surface area contributed by atoms with Crippen LogP contribution in [-0.2, 0) is 61.3 Å². The van der Waals surface area contributed by atoms with Gasteiger partial charge in [-0.2, -0.15) is 20.6 Å². The highest BCUT2D eigenvalue weighted by Gasteiger charge is 2.28.